The summed E-state index contributed by atoms with van der Waals surface area (Å²) in [7, 11) is 0. The number of hydrogen-bond donors (Lipinski definition) is 2. The third-order valence-corrected chi connectivity index (χ3v) is 1.43. The molecule has 0 fully saturated rings. The van der Waals surface area contributed by atoms with Crippen molar-refractivity contribution in [1.29, 1.82) is 0 Å². The summed E-state index contributed by atoms with van der Waals surface area (Å²) in [6.45, 7) is 6.16. The lowest BCUT2D eigenvalue weighted by atomic mass is 10.0. The minimum atomic E-state index is -0.00935. The molecule has 10 heavy (non-hydrogen) atoms. The predicted octanol–water partition coefficient (Wildman–Crippen LogP) is 2.02. The summed E-state index contributed by atoms with van der Waals surface area (Å²) in [6.07, 6.45) is 2.79. The Morgan fingerprint density at radius 2 is 2.10 bits per heavy atom. The summed E-state index contributed by atoms with van der Waals surface area (Å²) in [5.41, 5.74) is 1.06. The molecule has 0 rings (SSSR count). The highest BCUT2D eigenvalue weighted by Gasteiger charge is 2.12. The smallest absolute Gasteiger partial charge is 0.0642 e. The van der Waals surface area contributed by atoms with Crippen molar-refractivity contribution in [2.45, 2.75) is 31.9 Å². The lowest BCUT2D eigenvalue weighted by Gasteiger charge is -2.17. The largest absolute Gasteiger partial charge is 0.392 e. The van der Waals surface area contributed by atoms with Crippen LogP contribution in [0.2, 0.25) is 0 Å². The highest BCUT2D eigenvalue weighted by atomic mass is 32.1. The molecule has 0 aliphatic carbocycles. The van der Waals surface area contributed by atoms with E-state index in [0.717, 1.165) is 12.0 Å². The van der Waals surface area contributed by atoms with Crippen LogP contribution >= 0.6 is 12.6 Å². The van der Waals surface area contributed by atoms with E-state index in [-0.39, 0.29) is 11.4 Å². The summed E-state index contributed by atoms with van der Waals surface area (Å²) in [5.74, 6) is 0. The minimum Gasteiger partial charge on any atom is -0.392 e. The van der Waals surface area contributed by atoms with Gasteiger partial charge in [0, 0.05) is 4.75 Å². The Balaban J connectivity index is 3.88. The molecular formula is C8H16OS. The Hall–Kier alpha value is 0.0500. The second-order valence-electron chi connectivity index (χ2n) is 3.09. The molecule has 0 aromatic heterocycles. The van der Waals surface area contributed by atoms with E-state index >= 15 is 0 Å². The van der Waals surface area contributed by atoms with Gasteiger partial charge in [-0.3, -0.25) is 0 Å². The van der Waals surface area contributed by atoms with Crippen molar-refractivity contribution in [2.75, 3.05) is 6.61 Å². The quantitative estimate of drug-likeness (QED) is 0.478. The fraction of sp³-hybridized carbons (Fsp3) is 0.750. The molecule has 0 aromatic rings. The Kier molecular flexibility index (Phi) is 4.06. The monoisotopic (exact) mass is 160 g/mol. The number of hydrogen-bond acceptors (Lipinski definition) is 2. The molecule has 0 amide bonds. The third-order valence-electron chi connectivity index (χ3n) is 1.27. The fourth-order valence-corrected chi connectivity index (χ4v) is 1.01. The lowest BCUT2D eigenvalue weighted by Crippen LogP contribution is -2.12. The van der Waals surface area contributed by atoms with Gasteiger partial charge in [0.1, 0.15) is 0 Å². The number of allylic oxidation sites excluding steroid dienone is 1. The first-order valence-electron chi connectivity index (χ1n) is 3.47. The van der Waals surface area contributed by atoms with Crippen LogP contribution in [0.4, 0.5) is 0 Å². The molecule has 0 radical (unpaired) electrons. The summed E-state index contributed by atoms with van der Waals surface area (Å²) in [6, 6.07) is 0. The number of aliphatic hydroxyl groups is 1. The molecule has 0 aromatic carbocycles. The van der Waals surface area contributed by atoms with Gasteiger partial charge in [-0.15, -0.1) is 0 Å². The number of rotatable bonds is 3. The molecule has 0 aliphatic rings. The number of thiol groups is 1. The highest BCUT2D eigenvalue weighted by molar-refractivity contribution is 7.81. The normalized spacial score (nSPS) is 13.9. The first-order valence-corrected chi connectivity index (χ1v) is 3.91. The second kappa shape index (κ2) is 4.04. The summed E-state index contributed by atoms with van der Waals surface area (Å²) < 4.78 is -0.00935. The van der Waals surface area contributed by atoms with Gasteiger partial charge in [0.05, 0.1) is 6.61 Å². The molecule has 2 heteroatoms. The molecule has 0 saturated carbocycles. The molecule has 0 atom stereocenters. The summed E-state index contributed by atoms with van der Waals surface area (Å²) in [5, 5.41) is 8.79. The fourth-order valence-electron chi connectivity index (χ4n) is 0.805. The average Bonchev–Trinajstić information content (AvgIpc) is 1.81. The Bertz CT molecular complexity index is 122. The van der Waals surface area contributed by atoms with Crippen LogP contribution in [0.25, 0.3) is 0 Å². The van der Waals surface area contributed by atoms with E-state index in [2.05, 4.69) is 12.6 Å². The molecule has 0 unspecified atom stereocenters. The zero-order valence-corrected chi connectivity index (χ0v) is 7.78. The Morgan fingerprint density at radius 1 is 1.60 bits per heavy atom. The van der Waals surface area contributed by atoms with Gasteiger partial charge in [-0.1, -0.05) is 19.9 Å². The van der Waals surface area contributed by atoms with Crippen molar-refractivity contribution in [3.8, 4) is 0 Å². The maximum atomic E-state index is 8.79. The maximum absolute atomic E-state index is 8.79. The van der Waals surface area contributed by atoms with E-state index in [1.807, 2.05) is 26.8 Å². The van der Waals surface area contributed by atoms with Gasteiger partial charge in [-0.25, -0.2) is 0 Å². The maximum Gasteiger partial charge on any atom is 0.0642 e. The molecule has 60 valence electrons. The summed E-state index contributed by atoms with van der Waals surface area (Å²) >= 11 is 4.35. The first-order chi connectivity index (χ1) is 4.49. The third kappa shape index (κ3) is 4.89. The van der Waals surface area contributed by atoms with E-state index in [4.69, 9.17) is 5.11 Å². The Morgan fingerprint density at radius 3 is 2.20 bits per heavy atom. The van der Waals surface area contributed by atoms with E-state index in [0.29, 0.717) is 0 Å². The lowest BCUT2D eigenvalue weighted by molar-refractivity contribution is 0.323. The van der Waals surface area contributed by atoms with Gasteiger partial charge >= 0.3 is 0 Å². The van der Waals surface area contributed by atoms with Crippen molar-refractivity contribution in [1.82, 2.24) is 0 Å². The molecule has 0 saturated heterocycles. The number of aliphatic hydroxyl groups excluding tert-OH is 1. The van der Waals surface area contributed by atoms with Crippen LogP contribution < -0.4 is 0 Å². The van der Waals surface area contributed by atoms with Crippen LogP contribution in [-0.4, -0.2) is 16.5 Å². The van der Waals surface area contributed by atoms with Gasteiger partial charge in [0.2, 0.25) is 0 Å². The molecule has 1 nitrogen and oxygen atoms in total. The average molecular weight is 160 g/mol. The van der Waals surface area contributed by atoms with Crippen LogP contribution in [-0.2, 0) is 0 Å². The standard InChI is InChI=1S/C8H16OS/c1-4-7(6-9)5-8(2,3)10/h4,9-10H,5-6H2,1-3H3. The van der Waals surface area contributed by atoms with Gasteiger partial charge < -0.3 is 5.11 Å². The van der Waals surface area contributed by atoms with Gasteiger partial charge in [-0.05, 0) is 18.9 Å². The topological polar surface area (TPSA) is 20.2 Å². The van der Waals surface area contributed by atoms with Crippen molar-refractivity contribution in [2.24, 2.45) is 0 Å². The van der Waals surface area contributed by atoms with Crippen LogP contribution in [0.3, 0.4) is 0 Å². The zero-order chi connectivity index (χ0) is 8.20. The Labute approximate surface area is 68.6 Å². The van der Waals surface area contributed by atoms with Crippen molar-refractivity contribution < 1.29 is 5.11 Å². The molecule has 0 spiro atoms. The molecular weight excluding hydrogens is 144 g/mol. The van der Waals surface area contributed by atoms with Crippen LogP contribution in [0.1, 0.15) is 27.2 Å². The zero-order valence-electron chi connectivity index (χ0n) is 6.89. The van der Waals surface area contributed by atoms with E-state index in [1.165, 1.54) is 0 Å². The van der Waals surface area contributed by atoms with E-state index < -0.39 is 0 Å². The molecule has 0 bridgehead atoms. The first kappa shape index (κ1) is 10.0. The molecule has 1 N–H and O–H groups in total. The van der Waals surface area contributed by atoms with Crippen molar-refractivity contribution >= 4 is 12.6 Å². The highest BCUT2D eigenvalue weighted by Crippen LogP contribution is 2.21. The molecule has 0 aliphatic heterocycles. The van der Waals surface area contributed by atoms with Gasteiger partial charge in [0.15, 0.2) is 0 Å². The van der Waals surface area contributed by atoms with Crippen LogP contribution in [0.5, 0.6) is 0 Å². The SMILES string of the molecule is CC=C(CO)CC(C)(C)S. The predicted molar refractivity (Wildman–Crippen MR) is 48.5 cm³/mol. The van der Waals surface area contributed by atoms with E-state index in [1.54, 1.807) is 0 Å². The summed E-state index contributed by atoms with van der Waals surface area (Å²) in [4.78, 5) is 0. The molecule has 0 heterocycles. The van der Waals surface area contributed by atoms with Crippen LogP contribution in [0, 0.1) is 0 Å². The van der Waals surface area contributed by atoms with Crippen molar-refractivity contribution in [3.63, 3.8) is 0 Å². The minimum absolute atomic E-state index is 0.00935. The van der Waals surface area contributed by atoms with Crippen LogP contribution in [0.15, 0.2) is 11.6 Å². The second-order valence-corrected chi connectivity index (χ2v) is 4.30. The van der Waals surface area contributed by atoms with E-state index in [9.17, 15) is 0 Å². The van der Waals surface area contributed by atoms with Gasteiger partial charge in [0.25, 0.3) is 0 Å². The van der Waals surface area contributed by atoms with Gasteiger partial charge in [-0.2, -0.15) is 12.6 Å². The van der Waals surface area contributed by atoms with Crippen molar-refractivity contribution in [3.05, 3.63) is 11.6 Å².